The zero-order valence-electron chi connectivity index (χ0n) is 8.51. The molecule has 1 saturated carbocycles. The van der Waals surface area contributed by atoms with Gasteiger partial charge in [0, 0.05) is 20.8 Å². The van der Waals surface area contributed by atoms with Gasteiger partial charge in [0.25, 0.3) is 0 Å². The number of methoxy groups -OCH3 is 2. The molecule has 0 saturated heterocycles. The Labute approximate surface area is 86.1 Å². The van der Waals surface area contributed by atoms with E-state index in [0.29, 0.717) is 12.5 Å². The molecule has 1 aliphatic carbocycles. The van der Waals surface area contributed by atoms with E-state index in [4.69, 9.17) is 9.47 Å². The molecule has 0 spiro atoms. The van der Waals surface area contributed by atoms with Crippen LogP contribution in [0, 0.1) is 5.92 Å². The number of ether oxygens (including phenoxy) is 2. The maximum atomic E-state index is 10.9. The lowest BCUT2D eigenvalue weighted by molar-refractivity contribution is -0.108. The van der Waals surface area contributed by atoms with Gasteiger partial charge in [0.15, 0.2) is 6.29 Å². The summed E-state index contributed by atoms with van der Waals surface area (Å²) in [4.78, 5) is 0. The lowest BCUT2D eigenvalue weighted by atomic mass is 10.4. The van der Waals surface area contributed by atoms with Gasteiger partial charge >= 0.3 is 0 Å². The lowest BCUT2D eigenvalue weighted by Crippen LogP contribution is -2.34. The first-order valence-corrected chi connectivity index (χ1v) is 5.75. The third-order valence-corrected chi connectivity index (χ3v) is 3.07. The topological polar surface area (TPSA) is 55.8 Å². The van der Waals surface area contributed by atoms with Crippen molar-refractivity contribution in [2.75, 3.05) is 27.3 Å². The smallest absolute Gasteiger partial charge is 0.204 e. The molecule has 6 heteroatoms. The molecule has 1 aliphatic rings. The highest BCUT2D eigenvalue weighted by Gasteiger charge is 2.26. The monoisotopic (exact) mass is 223 g/mol. The van der Waals surface area contributed by atoms with Crippen LogP contribution in [0.4, 0.5) is 0 Å². The van der Waals surface area contributed by atoms with E-state index in [1.807, 2.05) is 0 Å². The van der Waals surface area contributed by atoms with Crippen molar-refractivity contribution in [1.82, 2.24) is 4.31 Å². The van der Waals surface area contributed by atoms with E-state index in [9.17, 15) is 8.42 Å². The van der Waals surface area contributed by atoms with Gasteiger partial charge in [0.2, 0.25) is 10.9 Å². The van der Waals surface area contributed by atoms with Crippen LogP contribution in [-0.2, 0) is 20.4 Å². The van der Waals surface area contributed by atoms with Crippen molar-refractivity contribution in [1.29, 1.82) is 0 Å². The van der Waals surface area contributed by atoms with Gasteiger partial charge in [0.05, 0.1) is 6.54 Å². The lowest BCUT2D eigenvalue weighted by Gasteiger charge is -2.20. The number of hydrogen-bond donors (Lipinski definition) is 1. The molecule has 0 amide bonds. The summed E-state index contributed by atoms with van der Waals surface area (Å²) >= 11 is 0. The first kappa shape index (κ1) is 11.9. The van der Waals surface area contributed by atoms with Crippen LogP contribution in [0.5, 0.6) is 0 Å². The van der Waals surface area contributed by atoms with E-state index in [1.165, 1.54) is 18.5 Å². The van der Waals surface area contributed by atoms with E-state index in [2.05, 4.69) is 0 Å². The summed E-state index contributed by atoms with van der Waals surface area (Å²) in [6.07, 6.45) is 1.79. The zero-order chi connectivity index (χ0) is 10.6. The fraction of sp³-hybridized carbons (Fsp3) is 1.00. The SMILES string of the molecule is COC(CN(CC1CC1)[SH](=O)=O)OC. The van der Waals surface area contributed by atoms with Gasteiger partial charge in [-0.15, -0.1) is 0 Å². The molecule has 1 rings (SSSR count). The highest BCUT2D eigenvalue weighted by molar-refractivity contribution is 7.69. The van der Waals surface area contributed by atoms with Gasteiger partial charge in [-0.25, -0.2) is 8.42 Å². The normalized spacial score (nSPS) is 17.2. The molecular formula is C8H17NO4S. The summed E-state index contributed by atoms with van der Waals surface area (Å²) in [6.45, 7) is 0.879. The molecule has 0 heterocycles. The van der Waals surface area contributed by atoms with Crippen LogP contribution in [0.3, 0.4) is 0 Å². The van der Waals surface area contributed by atoms with Gasteiger partial charge in [-0.05, 0) is 18.8 Å². The van der Waals surface area contributed by atoms with Gasteiger partial charge in [-0.2, -0.15) is 4.31 Å². The second-order valence-corrected chi connectivity index (χ2v) is 4.50. The first-order chi connectivity index (χ1) is 6.67. The quantitative estimate of drug-likeness (QED) is 0.481. The van der Waals surface area contributed by atoms with Crippen molar-refractivity contribution in [3.05, 3.63) is 0 Å². The van der Waals surface area contributed by atoms with Crippen molar-refractivity contribution in [3.8, 4) is 0 Å². The fourth-order valence-corrected chi connectivity index (χ4v) is 1.85. The summed E-state index contributed by atoms with van der Waals surface area (Å²) in [5.74, 6) is 0.539. The van der Waals surface area contributed by atoms with Crippen LogP contribution >= 0.6 is 0 Å². The molecule has 0 radical (unpaired) electrons. The zero-order valence-corrected chi connectivity index (χ0v) is 9.40. The van der Waals surface area contributed by atoms with E-state index in [0.717, 1.165) is 12.8 Å². The summed E-state index contributed by atoms with van der Waals surface area (Å²) in [5, 5.41) is 0. The van der Waals surface area contributed by atoms with Crippen LogP contribution in [0.25, 0.3) is 0 Å². The number of nitrogens with zero attached hydrogens (tertiary/aromatic N) is 1. The van der Waals surface area contributed by atoms with Crippen molar-refractivity contribution >= 4 is 10.9 Å². The van der Waals surface area contributed by atoms with Crippen LogP contribution in [0.15, 0.2) is 0 Å². The van der Waals surface area contributed by atoms with E-state index >= 15 is 0 Å². The van der Waals surface area contributed by atoms with Gasteiger partial charge < -0.3 is 9.47 Å². The Bertz CT molecular complexity index is 227. The minimum atomic E-state index is -2.53. The molecule has 5 nitrogen and oxygen atoms in total. The van der Waals surface area contributed by atoms with Crippen molar-refractivity contribution in [3.63, 3.8) is 0 Å². The predicted octanol–water partition coefficient (Wildman–Crippen LogP) is -0.156. The molecule has 0 aliphatic heterocycles. The number of thiol groups is 1. The molecule has 1 fully saturated rings. The molecule has 0 aromatic carbocycles. The Morgan fingerprint density at radius 1 is 1.36 bits per heavy atom. The molecule has 84 valence electrons. The third-order valence-electron chi connectivity index (χ3n) is 2.28. The molecule has 14 heavy (non-hydrogen) atoms. The highest BCUT2D eigenvalue weighted by Crippen LogP contribution is 2.29. The van der Waals surface area contributed by atoms with Crippen molar-refractivity contribution in [2.45, 2.75) is 19.1 Å². The van der Waals surface area contributed by atoms with Crippen molar-refractivity contribution in [2.24, 2.45) is 5.92 Å². The average molecular weight is 223 g/mol. The van der Waals surface area contributed by atoms with Crippen molar-refractivity contribution < 1.29 is 17.9 Å². The van der Waals surface area contributed by atoms with Gasteiger partial charge in [-0.3, -0.25) is 0 Å². The summed E-state index contributed by atoms with van der Waals surface area (Å²) in [5.41, 5.74) is 0. The molecule has 0 aromatic rings. The maximum Gasteiger partial charge on any atom is 0.204 e. The Balaban J connectivity index is 2.40. The van der Waals surface area contributed by atoms with Gasteiger partial charge in [0.1, 0.15) is 0 Å². The summed E-state index contributed by atoms with van der Waals surface area (Å²) < 4.78 is 33.1. The van der Waals surface area contributed by atoms with E-state index in [-0.39, 0.29) is 6.54 Å². The summed E-state index contributed by atoms with van der Waals surface area (Å²) in [7, 11) is 0.476. The molecular weight excluding hydrogens is 206 g/mol. The van der Waals surface area contributed by atoms with Crippen LogP contribution in [0.1, 0.15) is 12.8 Å². The highest BCUT2D eigenvalue weighted by atomic mass is 32.2. The van der Waals surface area contributed by atoms with Crippen LogP contribution in [-0.4, -0.2) is 46.3 Å². The molecule has 0 N–H and O–H groups in total. The second kappa shape index (κ2) is 5.65. The molecule has 0 unspecified atom stereocenters. The standard InChI is InChI=1S/C8H17NO4S/c1-12-8(13-2)6-9(14(10)11)5-7-3-4-7/h7-8,14H,3-6H2,1-2H3. The second-order valence-electron chi connectivity index (χ2n) is 3.45. The van der Waals surface area contributed by atoms with Crippen LogP contribution in [0.2, 0.25) is 0 Å². The van der Waals surface area contributed by atoms with Gasteiger partial charge in [-0.1, -0.05) is 0 Å². The largest absolute Gasteiger partial charge is 0.355 e. The predicted molar refractivity (Wildman–Crippen MR) is 52.4 cm³/mol. The maximum absolute atomic E-state index is 10.9. The van der Waals surface area contributed by atoms with E-state index < -0.39 is 17.2 Å². The minimum Gasteiger partial charge on any atom is -0.355 e. The number of rotatable bonds is 7. The Morgan fingerprint density at radius 3 is 2.29 bits per heavy atom. The Kier molecular flexibility index (Phi) is 4.80. The molecule has 0 atom stereocenters. The molecule has 0 bridgehead atoms. The fourth-order valence-electron chi connectivity index (χ4n) is 1.22. The number of hydrogen-bond acceptors (Lipinski definition) is 4. The average Bonchev–Trinajstić information content (AvgIpc) is 2.95. The minimum absolute atomic E-state index is 0.280. The van der Waals surface area contributed by atoms with E-state index in [1.54, 1.807) is 0 Å². The third kappa shape index (κ3) is 3.91. The first-order valence-electron chi connectivity index (χ1n) is 4.62. The summed E-state index contributed by atoms with van der Waals surface area (Å²) in [6, 6.07) is 0. The Morgan fingerprint density at radius 2 is 1.93 bits per heavy atom. The van der Waals surface area contributed by atoms with Crippen LogP contribution < -0.4 is 0 Å². The molecule has 0 aromatic heterocycles. The Hall–Kier alpha value is -0.170.